The summed E-state index contributed by atoms with van der Waals surface area (Å²) in [6.45, 7) is 4.25. The van der Waals surface area contributed by atoms with Crippen LogP contribution in [-0.2, 0) is 0 Å². The van der Waals surface area contributed by atoms with E-state index in [-0.39, 0.29) is 18.1 Å². The van der Waals surface area contributed by atoms with E-state index in [0.717, 1.165) is 5.02 Å². The van der Waals surface area contributed by atoms with Gasteiger partial charge in [0, 0.05) is 22.0 Å². The van der Waals surface area contributed by atoms with Crippen LogP contribution in [0.25, 0.3) is 0 Å². The van der Waals surface area contributed by atoms with Crippen LogP contribution in [0.4, 0.5) is 0 Å². The Balaban J connectivity index is 2.26. The Morgan fingerprint density at radius 2 is 1.95 bits per heavy atom. The highest BCUT2D eigenvalue weighted by Gasteiger charge is 2.26. The maximum Gasteiger partial charge on any atom is 0.0593 e. The molecular weight excluding hydrogens is 288 g/mol. The molecule has 0 aliphatic carbocycles. The first-order chi connectivity index (χ1) is 9.50. The number of rotatable bonds is 5. The molecule has 0 fully saturated rings. The number of hydrogen-bond acceptors (Lipinski definition) is 3. The Hall–Kier alpha value is -0.870. The second kappa shape index (κ2) is 6.72. The van der Waals surface area contributed by atoms with Gasteiger partial charge in [0.2, 0.25) is 0 Å². The van der Waals surface area contributed by atoms with Gasteiger partial charge in [-0.05, 0) is 50.0 Å². The average Bonchev–Trinajstić information content (AvgIpc) is 2.91. The summed E-state index contributed by atoms with van der Waals surface area (Å²) in [6.07, 6.45) is 0. The molecule has 0 radical (unpaired) electrons. The molecule has 1 aromatic heterocycles. The maximum absolute atomic E-state index is 6.21. The van der Waals surface area contributed by atoms with Crippen molar-refractivity contribution in [3.8, 4) is 0 Å². The van der Waals surface area contributed by atoms with Gasteiger partial charge < -0.3 is 5.73 Å². The molecule has 0 saturated heterocycles. The van der Waals surface area contributed by atoms with Crippen molar-refractivity contribution in [2.45, 2.75) is 32.0 Å². The van der Waals surface area contributed by atoms with Crippen molar-refractivity contribution in [3.63, 3.8) is 0 Å². The third-order valence-electron chi connectivity index (χ3n) is 3.71. The van der Waals surface area contributed by atoms with Gasteiger partial charge in [-0.15, -0.1) is 11.3 Å². The van der Waals surface area contributed by atoms with Crippen LogP contribution in [0.15, 0.2) is 41.8 Å². The van der Waals surface area contributed by atoms with Crippen LogP contribution in [0.1, 0.15) is 36.4 Å². The van der Waals surface area contributed by atoms with Gasteiger partial charge in [-0.3, -0.25) is 4.90 Å². The number of nitrogens with zero attached hydrogens (tertiary/aromatic N) is 1. The van der Waals surface area contributed by atoms with Crippen LogP contribution in [0.2, 0.25) is 5.02 Å². The quantitative estimate of drug-likeness (QED) is 0.882. The fourth-order valence-corrected chi connectivity index (χ4v) is 3.72. The van der Waals surface area contributed by atoms with E-state index in [0.29, 0.717) is 0 Å². The molecule has 2 N–H and O–H groups in total. The molecule has 3 atom stereocenters. The second-order valence-electron chi connectivity index (χ2n) is 5.22. The van der Waals surface area contributed by atoms with Crippen molar-refractivity contribution in [2.24, 2.45) is 5.73 Å². The summed E-state index contributed by atoms with van der Waals surface area (Å²) in [5, 5.41) is 2.87. The maximum atomic E-state index is 6.21. The second-order valence-corrected chi connectivity index (χ2v) is 6.63. The van der Waals surface area contributed by atoms with E-state index in [9.17, 15) is 0 Å². The summed E-state index contributed by atoms with van der Waals surface area (Å²) in [5.74, 6) is 0. The molecule has 2 nitrogen and oxygen atoms in total. The van der Waals surface area contributed by atoms with Crippen molar-refractivity contribution in [2.75, 3.05) is 7.05 Å². The highest BCUT2D eigenvalue weighted by Crippen LogP contribution is 2.33. The molecule has 0 amide bonds. The molecule has 20 heavy (non-hydrogen) atoms. The summed E-state index contributed by atoms with van der Waals surface area (Å²) in [4.78, 5) is 3.62. The van der Waals surface area contributed by atoms with Gasteiger partial charge in [-0.2, -0.15) is 0 Å². The van der Waals surface area contributed by atoms with Gasteiger partial charge in [0.05, 0.1) is 6.04 Å². The number of halogens is 1. The lowest BCUT2D eigenvalue weighted by Gasteiger charge is -2.35. The first-order valence-corrected chi connectivity index (χ1v) is 8.03. The lowest BCUT2D eigenvalue weighted by molar-refractivity contribution is 0.168. The average molecular weight is 309 g/mol. The van der Waals surface area contributed by atoms with Gasteiger partial charge >= 0.3 is 0 Å². The van der Waals surface area contributed by atoms with Crippen LogP contribution < -0.4 is 5.73 Å². The topological polar surface area (TPSA) is 29.3 Å². The predicted octanol–water partition coefficient (Wildman–Crippen LogP) is 4.48. The van der Waals surface area contributed by atoms with Gasteiger partial charge in [0.15, 0.2) is 0 Å². The van der Waals surface area contributed by atoms with Gasteiger partial charge in [0.25, 0.3) is 0 Å². The van der Waals surface area contributed by atoms with E-state index in [1.54, 1.807) is 11.3 Å². The SMILES string of the molecule is CC(N)C(c1cccs1)N(C)C(C)c1cccc(Cl)c1. The Morgan fingerprint density at radius 3 is 2.50 bits per heavy atom. The fraction of sp³-hybridized carbons (Fsp3) is 0.375. The normalized spacial score (nSPS) is 16.1. The smallest absolute Gasteiger partial charge is 0.0593 e. The van der Waals surface area contributed by atoms with Crippen LogP contribution in [0, 0.1) is 0 Å². The van der Waals surface area contributed by atoms with Crippen LogP contribution >= 0.6 is 22.9 Å². The molecule has 2 aromatic rings. The molecule has 0 saturated carbocycles. The first kappa shape index (κ1) is 15.5. The summed E-state index contributed by atoms with van der Waals surface area (Å²) in [7, 11) is 2.12. The summed E-state index contributed by atoms with van der Waals surface area (Å²) >= 11 is 7.85. The van der Waals surface area contributed by atoms with Crippen LogP contribution in [0.5, 0.6) is 0 Å². The summed E-state index contributed by atoms with van der Waals surface area (Å²) < 4.78 is 0. The predicted molar refractivity (Wildman–Crippen MR) is 88.3 cm³/mol. The van der Waals surface area contributed by atoms with Gasteiger partial charge in [-0.25, -0.2) is 0 Å². The molecular formula is C16H21ClN2S. The lowest BCUT2D eigenvalue weighted by Crippen LogP contribution is -2.38. The molecule has 4 heteroatoms. The summed E-state index contributed by atoms with van der Waals surface area (Å²) in [6, 6.07) is 12.8. The highest BCUT2D eigenvalue weighted by atomic mass is 35.5. The fourth-order valence-electron chi connectivity index (χ4n) is 2.53. The number of nitrogens with two attached hydrogens (primary N) is 1. The molecule has 0 aliphatic rings. The minimum absolute atomic E-state index is 0.0697. The van der Waals surface area contributed by atoms with E-state index < -0.39 is 0 Å². The third kappa shape index (κ3) is 3.41. The number of hydrogen-bond donors (Lipinski definition) is 1. The third-order valence-corrected chi connectivity index (χ3v) is 4.89. The zero-order valence-electron chi connectivity index (χ0n) is 12.1. The summed E-state index contributed by atoms with van der Waals surface area (Å²) in [5.41, 5.74) is 7.42. The molecule has 1 aromatic carbocycles. The molecule has 0 bridgehead atoms. The lowest BCUT2D eigenvalue weighted by atomic mass is 10.0. The van der Waals surface area contributed by atoms with Gasteiger partial charge in [-0.1, -0.05) is 29.8 Å². The molecule has 0 aliphatic heterocycles. The Bertz CT molecular complexity index is 539. The van der Waals surface area contributed by atoms with Crippen molar-refractivity contribution < 1.29 is 0 Å². The Labute approximate surface area is 130 Å². The van der Waals surface area contributed by atoms with Crippen molar-refractivity contribution in [1.29, 1.82) is 0 Å². The zero-order valence-corrected chi connectivity index (χ0v) is 13.7. The zero-order chi connectivity index (χ0) is 14.7. The van der Waals surface area contributed by atoms with Crippen molar-refractivity contribution >= 4 is 22.9 Å². The minimum Gasteiger partial charge on any atom is -0.326 e. The Morgan fingerprint density at radius 1 is 1.20 bits per heavy atom. The van der Waals surface area contributed by atoms with E-state index in [1.165, 1.54) is 10.4 Å². The molecule has 108 valence electrons. The minimum atomic E-state index is 0.0697. The largest absolute Gasteiger partial charge is 0.326 e. The van der Waals surface area contributed by atoms with E-state index in [2.05, 4.69) is 49.4 Å². The number of benzene rings is 1. The van der Waals surface area contributed by atoms with Crippen LogP contribution in [-0.4, -0.2) is 18.0 Å². The Kier molecular flexibility index (Phi) is 5.22. The molecule has 2 rings (SSSR count). The van der Waals surface area contributed by atoms with Crippen molar-refractivity contribution in [3.05, 3.63) is 57.2 Å². The molecule has 0 spiro atoms. The van der Waals surface area contributed by atoms with E-state index in [4.69, 9.17) is 17.3 Å². The first-order valence-electron chi connectivity index (χ1n) is 6.77. The van der Waals surface area contributed by atoms with Crippen molar-refractivity contribution in [1.82, 2.24) is 4.90 Å². The molecule has 1 heterocycles. The highest BCUT2D eigenvalue weighted by molar-refractivity contribution is 7.10. The van der Waals surface area contributed by atoms with Crippen LogP contribution in [0.3, 0.4) is 0 Å². The van der Waals surface area contributed by atoms with E-state index in [1.807, 2.05) is 18.2 Å². The van der Waals surface area contributed by atoms with Gasteiger partial charge in [0.1, 0.15) is 0 Å². The monoisotopic (exact) mass is 308 g/mol. The standard InChI is InChI=1S/C16H21ClN2S/c1-11(18)16(15-8-5-9-20-15)19(3)12(2)13-6-4-7-14(17)10-13/h4-12,16H,18H2,1-3H3. The molecule has 3 unspecified atom stereocenters. The van der Waals surface area contributed by atoms with E-state index >= 15 is 0 Å². The number of likely N-dealkylation sites (N-methyl/N-ethyl adjacent to an activating group) is 1. The number of thiophene rings is 1.